The number of carbonyl (C=O) groups excluding carboxylic acids is 1. The van der Waals surface area contributed by atoms with Gasteiger partial charge >= 0.3 is 6.03 Å². The number of methoxy groups -OCH3 is 2. The quantitative estimate of drug-likeness (QED) is 0.796. The van der Waals surface area contributed by atoms with Gasteiger partial charge in [0.25, 0.3) is 0 Å². The number of urea groups is 1. The van der Waals surface area contributed by atoms with Crippen molar-refractivity contribution >= 4 is 6.03 Å². The van der Waals surface area contributed by atoms with E-state index in [4.69, 9.17) is 9.47 Å². The Morgan fingerprint density at radius 1 is 1.11 bits per heavy atom. The lowest BCUT2D eigenvalue weighted by atomic mass is 9.98. The second-order valence-electron chi connectivity index (χ2n) is 7.63. The average Bonchev–Trinajstić information content (AvgIpc) is 3.21. The molecule has 2 saturated heterocycles. The van der Waals surface area contributed by atoms with Gasteiger partial charge in [-0.3, -0.25) is 0 Å². The summed E-state index contributed by atoms with van der Waals surface area (Å²) in [6.07, 6.45) is 5.78. The highest BCUT2D eigenvalue weighted by atomic mass is 16.5. The molecule has 0 aromatic heterocycles. The second-order valence-corrected chi connectivity index (χ2v) is 7.63. The van der Waals surface area contributed by atoms with Crippen molar-refractivity contribution in [2.24, 2.45) is 5.92 Å². The summed E-state index contributed by atoms with van der Waals surface area (Å²) in [5.74, 6) is 2.07. The highest BCUT2D eigenvalue weighted by Gasteiger charge is 2.25. The smallest absolute Gasteiger partial charge is 0.317 e. The van der Waals surface area contributed by atoms with Gasteiger partial charge in [-0.05, 0) is 68.8 Å². The fourth-order valence-corrected chi connectivity index (χ4v) is 4.19. The minimum absolute atomic E-state index is 0.0709. The number of ether oxygens (including phenoxy) is 2. The van der Waals surface area contributed by atoms with Gasteiger partial charge in [0.2, 0.25) is 0 Å². The molecule has 0 aliphatic carbocycles. The number of nitrogens with zero attached hydrogens (tertiary/aromatic N) is 2. The minimum Gasteiger partial charge on any atom is -0.493 e. The molecule has 1 atom stereocenters. The lowest BCUT2D eigenvalue weighted by molar-refractivity contribution is 0.147. The Labute approximate surface area is 162 Å². The van der Waals surface area contributed by atoms with Gasteiger partial charge in [0, 0.05) is 26.2 Å². The summed E-state index contributed by atoms with van der Waals surface area (Å²) in [6, 6.07) is 5.96. The molecule has 1 N–H and O–H groups in total. The average molecular weight is 376 g/mol. The SMILES string of the molecule is COc1ccc(CCNC(=O)N2CCC[C@@H](CN3CCCC3)C2)cc1OC. The molecule has 1 aromatic carbocycles. The molecule has 0 unspecified atom stereocenters. The van der Waals surface area contributed by atoms with Crippen LogP contribution in [-0.2, 0) is 6.42 Å². The van der Waals surface area contributed by atoms with Crippen LogP contribution in [0.2, 0.25) is 0 Å². The van der Waals surface area contributed by atoms with E-state index in [1.54, 1.807) is 14.2 Å². The third kappa shape index (κ3) is 5.51. The summed E-state index contributed by atoms with van der Waals surface area (Å²) < 4.78 is 10.6. The maximum atomic E-state index is 12.6. The van der Waals surface area contributed by atoms with Gasteiger partial charge in [0.05, 0.1) is 14.2 Å². The van der Waals surface area contributed by atoms with Crippen LogP contribution in [0.4, 0.5) is 4.79 Å². The first-order valence-corrected chi connectivity index (χ1v) is 10.2. The number of piperidine rings is 1. The number of carbonyl (C=O) groups is 1. The molecule has 0 spiro atoms. The molecule has 2 aliphatic rings. The van der Waals surface area contributed by atoms with Crippen LogP contribution in [0.3, 0.4) is 0 Å². The molecule has 150 valence electrons. The Morgan fingerprint density at radius 3 is 2.63 bits per heavy atom. The molecule has 27 heavy (non-hydrogen) atoms. The van der Waals surface area contributed by atoms with Gasteiger partial charge in [-0.15, -0.1) is 0 Å². The van der Waals surface area contributed by atoms with Gasteiger partial charge in [0.1, 0.15) is 0 Å². The first-order chi connectivity index (χ1) is 13.2. The van der Waals surface area contributed by atoms with Crippen LogP contribution in [-0.4, -0.2) is 69.3 Å². The zero-order valence-corrected chi connectivity index (χ0v) is 16.7. The highest BCUT2D eigenvalue weighted by molar-refractivity contribution is 5.74. The number of benzene rings is 1. The summed E-state index contributed by atoms with van der Waals surface area (Å²) in [5, 5.41) is 3.08. The van der Waals surface area contributed by atoms with Crippen LogP contribution in [0, 0.1) is 5.92 Å². The Kier molecular flexibility index (Phi) is 7.21. The molecule has 6 heteroatoms. The lowest BCUT2D eigenvalue weighted by Crippen LogP contribution is -2.47. The minimum atomic E-state index is 0.0709. The molecule has 2 fully saturated rings. The zero-order valence-electron chi connectivity index (χ0n) is 16.7. The van der Waals surface area contributed by atoms with E-state index in [2.05, 4.69) is 10.2 Å². The molecule has 3 rings (SSSR count). The van der Waals surface area contributed by atoms with Gasteiger partial charge < -0.3 is 24.6 Å². The Hall–Kier alpha value is -1.95. The van der Waals surface area contributed by atoms with E-state index < -0.39 is 0 Å². The van der Waals surface area contributed by atoms with Crippen molar-refractivity contribution in [3.8, 4) is 11.5 Å². The van der Waals surface area contributed by atoms with Crippen molar-refractivity contribution in [2.75, 3.05) is 53.5 Å². The summed E-state index contributed by atoms with van der Waals surface area (Å²) in [4.78, 5) is 17.1. The third-order valence-corrected chi connectivity index (χ3v) is 5.66. The topological polar surface area (TPSA) is 54.0 Å². The first-order valence-electron chi connectivity index (χ1n) is 10.2. The standard InChI is InChI=1S/C21H33N3O3/c1-26-19-8-7-17(14-20(19)27-2)9-10-22-21(25)24-13-5-6-18(16-24)15-23-11-3-4-12-23/h7-8,14,18H,3-6,9-13,15-16H2,1-2H3,(H,22,25)/t18-/m0/s1. The Morgan fingerprint density at radius 2 is 1.89 bits per heavy atom. The zero-order chi connectivity index (χ0) is 19.1. The van der Waals surface area contributed by atoms with Crippen molar-refractivity contribution in [3.63, 3.8) is 0 Å². The van der Waals surface area contributed by atoms with Gasteiger partial charge in [-0.2, -0.15) is 0 Å². The Balaban J connectivity index is 1.43. The number of nitrogens with one attached hydrogen (secondary N) is 1. The first kappa shape index (κ1) is 19.8. The van der Waals surface area contributed by atoms with Crippen molar-refractivity contribution in [1.29, 1.82) is 0 Å². The van der Waals surface area contributed by atoms with E-state index in [9.17, 15) is 4.79 Å². The maximum absolute atomic E-state index is 12.6. The largest absolute Gasteiger partial charge is 0.493 e. The number of hydrogen-bond donors (Lipinski definition) is 1. The van der Waals surface area contributed by atoms with E-state index in [1.807, 2.05) is 23.1 Å². The molecule has 2 heterocycles. The van der Waals surface area contributed by atoms with Crippen LogP contribution in [0.15, 0.2) is 18.2 Å². The third-order valence-electron chi connectivity index (χ3n) is 5.66. The predicted octanol–water partition coefficient (Wildman–Crippen LogP) is 2.76. The second kappa shape index (κ2) is 9.83. The van der Waals surface area contributed by atoms with Gasteiger partial charge in [-0.25, -0.2) is 4.79 Å². The predicted molar refractivity (Wildman–Crippen MR) is 107 cm³/mol. The molecule has 0 bridgehead atoms. The summed E-state index contributed by atoms with van der Waals surface area (Å²) >= 11 is 0. The molecule has 6 nitrogen and oxygen atoms in total. The van der Waals surface area contributed by atoms with Crippen LogP contribution < -0.4 is 14.8 Å². The monoisotopic (exact) mass is 375 g/mol. The van der Waals surface area contributed by atoms with Gasteiger partial charge in [-0.1, -0.05) is 6.07 Å². The summed E-state index contributed by atoms with van der Waals surface area (Å²) in [5.41, 5.74) is 1.12. The molecule has 1 aromatic rings. The molecule has 2 aliphatic heterocycles. The van der Waals surface area contributed by atoms with E-state index in [0.29, 0.717) is 12.5 Å². The number of amides is 2. The number of likely N-dealkylation sites (tertiary alicyclic amines) is 2. The molecule has 0 radical (unpaired) electrons. The summed E-state index contributed by atoms with van der Waals surface area (Å²) in [6.45, 7) is 6.00. The Bertz CT molecular complexity index is 617. The van der Waals surface area contributed by atoms with Gasteiger partial charge in [0.15, 0.2) is 11.5 Å². The highest BCUT2D eigenvalue weighted by Crippen LogP contribution is 2.27. The van der Waals surface area contributed by atoms with E-state index in [-0.39, 0.29) is 6.03 Å². The van der Waals surface area contributed by atoms with Crippen LogP contribution in [0.25, 0.3) is 0 Å². The fraction of sp³-hybridized carbons (Fsp3) is 0.667. The fourth-order valence-electron chi connectivity index (χ4n) is 4.19. The molecule has 0 saturated carbocycles. The normalized spacial score (nSPS) is 20.5. The van der Waals surface area contributed by atoms with Crippen molar-refractivity contribution < 1.29 is 14.3 Å². The van der Waals surface area contributed by atoms with E-state index >= 15 is 0 Å². The van der Waals surface area contributed by atoms with Crippen LogP contribution >= 0.6 is 0 Å². The van der Waals surface area contributed by atoms with Crippen LogP contribution in [0.5, 0.6) is 11.5 Å². The van der Waals surface area contributed by atoms with Crippen molar-refractivity contribution in [3.05, 3.63) is 23.8 Å². The number of rotatable bonds is 7. The van der Waals surface area contributed by atoms with Crippen molar-refractivity contribution in [2.45, 2.75) is 32.1 Å². The molecular formula is C21H33N3O3. The summed E-state index contributed by atoms with van der Waals surface area (Å²) in [7, 11) is 3.27. The maximum Gasteiger partial charge on any atom is 0.317 e. The molecular weight excluding hydrogens is 342 g/mol. The van der Waals surface area contributed by atoms with E-state index in [1.165, 1.54) is 32.4 Å². The van der Waals surface area contributed by atoms with Crippen LogP contribution in [0.1, 0.15) is 31.2 Å². The van der Waals surface area contributed by atoms with Crippen molar-refractivity contribution in [1.82, 2.24) is 15.1 Å². The number of hydrogen-bond acceptors (Lipinski definition) is 4. The lowest BCUT2D eigenvalue weighted by Gasteiger charge is -2.34. The molecule has 2 amide bonds. The van der Waals surface area contributed by atoms with E-state index in [0.717, 1.165) is 49.5 Å².